The Morgan fingerprint density at radius 3 is 2.29 bits per heavy atom. The predicted octanol–water partition coefficient (Wildman–Crippen LogP) is 2.24. The van der Waals surface area contributed by atoms with Crippen LogP contribution in [0.5, 0.6) is 0 Å². The van der Waals surface area contributed by atoms with Gasteiger partial charge in [0.15, 0.2) is 0 Å². The first-order valence-electron chi connectivity index (χ1n) is 6.29. The van der Waals surface area contributed by atoms with Gasteiger partial charge in [-0.1, -0.05) is 26.2 Å². The van der Waals surface area contributed by atoms with Gasteiger partial charge in [0.2, 0.25) is 0 Å². The fraction of sp³-hybridized carbons (Fsp3) is 1.00. The van der Waals surface area contributed by atoms with Crippen molar-refractivity contribution in [3.05, 3.63) is 0 Å². The van der Waals surface area contributed by atoms with Crippen molar-refractivity contribution in [1.82, 2.24) is 4.90 Å². The molecule has 0 aromatic carbocycles. The first kappa shape index (κ1) is 12.0. The Labute approximate surface area is 88.8 Å². The molecule has 1 saturated heterocycles. The van der Waals surface area contributed by atoms with Crippen LogP contribution in [0.15, 0.2) is 0 Å². The molecule has 0 aliphatic carbocycles. The van der Waals surface area contributed by atoms with Gasteiger partial charge in [-0.05, 0) is 51.4 Å². The molecule has 2 heteroatoms. The Balaban J connectivity index is 2.14. The first-order valence-corrected chi connectivity index (χ1v) is 6.29. The number of nitrogens with zero attached hydrogens (tertiary/aromatic N) is 1. The molecule has 0 spiro atoms. The Morgan fingerprint density at radius 2 is 1.79 bits per heavy atom. The number of hydrogen-bond acceptors (Lipinski definition) is 2. The zero-order chi connectivity index (χ0) is 10.2. The van der Waals surface area contributed by atoms with Gasteiger partial charge in [-0.15, -0.1) is 0 Å². The van der Waals surface area contributed by atoms with E-state index in [4.69, 9.17) is 5.73 Å². The van der Waals surface area contributed by atoms with Gasteiger partial charge in [0, 0.05) is 0 Å². The van der Waals surface area contributed by atoms with Crippen LogP contribution in [0.25, 0.3) is 0 Å². The number of hydrogen-bond donors (Lipinski definition) is 1. The van der Waals surface area contributed by atoms with E-state index in [0.717, 1.165) is 12.5 Å². The van der Waals surface area contributed by atoms with E-state index >= 15 is 0 Å². The highest BCUT2D eigenvalue weighted by molar-refractivity contribution is 4.66. The van der Waals surface area contributed by atoms with Crippen LogP contribution in [0.1, 0.15) is 45.4 Å². The summed E-state index contributed by atoms with van der Waals surface area (Å²) in [5, 5.41) is 0. The van der Waals surface area contributed by atoms with Crippen LogP contribution in [0.2, 0.25) is 0 Å². The lowest BCUT2D eigenvalue weighted by Crippen LogP contribution is -2.28. The number of rotatable bonds is 5. The second-order valence-corrected chi connectivity index (χ2v) is 4.55. The molecule has 1 fully saturated rings. The molecule has 1 atom stereocenters. The minimum absolute atomic E-state index is 0.748. The molecule has 1 aliphatic heterocycles. The summed E-state index contributed by atoms with van der Waals surface area (Å²) < 4.78 is 0. The van der Waals surface area contributed by atoms with Crippen molar-refractivity contribution in [2.45, 2.75) is 45.4 Å². The first-order chi connectivity index (χ1) is 6.86. The molecule has 0 aromatic heterocycles. The zero-order valence-corrected chi connectivity index (χ0v) is 9.67. The molecule has 1 rings (SSSR count). The van der Waals surface area contributed by atoms with E-state index in [-0.39, 0.29) is 0 Å². The van der Waals surface area contributed by atoms with Gasteiger partial charge < -0.3 is 10.6 Å². The van der Waals surface area contributed by atoms with Gasteiger partial charge >= 0.3 is 0 Å². The lowest BCUT2D eigenvalue weighted by molar-refractivity contribution is 0.259. The molecule has 1 unspecified atom stereocenters. The summed E-state index contributed by atoms with van der Waals surface area (Å²) in [4.78, 5) is 2.63. The summed E-state index contributed by atoms with van der Waals surface area (Å²) >= 11 is 0. The number of nitrogens with two attached hydrogens (primary N) is 1. The summed E-state index contributed by atoms with van der Waals surface area (Å²) in [6, 6.07) is 0. The minimum atomic E-state index is 0.748. The van der Waals surface area contributed by atoms with Crippen molar-refractivity contribution in [2.75, 3.05) is 26.2 Å². The molecule has 84 valence electrons. The Kier molecular flexibility index (Phi) is 6.20. The van der Waals surface area contributed by atoms with E-state index in [9.17, 15) is 0 Å². The van der Waals surface area contributed by atoms with Gasteiger partial charge in [-0.25, -0.2) is 0 Å². The summed E-state index contributed by atoms with van der Waals surface area (Å²) in [7, 11) is 0. The monoisotopic (exact) mass is 198 g/mol. The SMILES string of the molecule is CCC(CN)CCN1CCCCCC1. The quantitative estimate of drug-likeness (QED) is 0.734. The molecule has 1 aliphatic rings. The van der Waals surface area contributed by atoms with Crippen molar-refractivity contribution >= 4 is 0 Å². The van der Waals surface area contributed by atoms with Crippen LogP contribution < -0.4 is 5.73 Å². The second kappa shape index (κ2) is 7.24. The molecule has 2 nitrogen and oxygen atoms in total. The average molecular weight is 198 g/mol. The van der Waals surface area contributed by atoms with Crippen LogP contribution in [0, 0.1) is 5.92 Å². The summed E-state index contributed by atoms with van der Waals surface area (Å²) in [5.41, 5.74) is 5.71. The van der Waals surface area contributed by atoms with Crippen molar-refractivity contribution in [3.8, 4) is 0 Å². The second-order valence-electron chi connectivity index (χ2n) is 4.55. The summed E-state index contributed by atoms with van der Waals surface area (Å²) in [6.07, 6.45) is 8.21. The highest BCUT2D eigenvalue weighted by Gasteiger charge is 2.10. The highest BCUT2D eigenvalue weighted by Crippen LogP contribution is 2.12. The van der Waals surface area contributed by atoms with Gasteiger partial charge in [0.05, 0.1) is 0 Å². The summed E-state index contributed by atoms with van der Waals surface area (Å²) in [5.74, 6) is 0.748. The van der Waals surface area contributed by atoms with Crippen molar-refractivity contribution in [1.29, 1.82) is 0 Å². The van der Waals surface area contributed by atoms with Crippen LogP contribution >= 0.6 is 0 Å². The third-order valence-electron chi connectivity index (χ3n) is 3.46. The molecular weight excluding hydrogens is 172 g/mol. The van der Waals surface area contributed by atoms with E-state index < -0.39 is 0 Å². The molecule has 0 saturated carbocycles. The normalized spacial score (nSPS) is 21.9. The maximum atomic E-state index is 5.71. The van der Waals surface area contributed by atoms with E-state index in [0.29, 0.717) is 0 Å². The van der Waals surface area contributed by atoms with Gasteiger partial charge in [-0.2, -0.15) is 0 Å². The third kappa shape index (κ3) is 4.43. The number of likely N-dealkylation sites (tertiary alicyclic amines) is 1. The standard InChI is InChI=1S/C12H26N2/c1-2-12(11-13)7-10-14-8-5-3-4-6-9-14/h12H,2-11,13H2,1H3. The van der Waals surface area contributed by atoms with Gasteiger partial charge in [0.25, 0.3) is 0 Å². The maximum absolute atomic E-state index is 5.71. The van der Waals surface area contributed by atoms with Gasteiger partial charge in [0.1, 0.15) is 0 Å². The minimum Gasteiger partial charge on any atom is -0.330 e. The average Bonchev–Trinajstić information content (AvgIpc) is 2.48. The molecule has 1 heterocycles. The van der Waals surface area contributed by atoms with Crippen molar-refractivity contribution in [2.24, 2.45) is 11.7 Å². The summed E-state index contributed by atoms with van der Waals surface area (Å²) in [6.45, 7) is 7.03. The molecular formula is C12H26N2. The molecule has 0 bridgehead atoms. The smallest absolute Gasteiger partial charge is 0.00156 e. The third-order valence-corrected chi connectivity index (χ3v) is 3.46. The Bertz CT molecular complexity index is 124. The Morgan fingerprint density at radius 1 is 1.14 bits per heavy atom. The molecule has 0 radical (unpaired) electrons. The van der Waals surface area contributed by atoms with Crippen LogP contribution in [-0.4, -0.2) is 31.1 Å². The van der Waals surface area contributed by atoms with Gasteiger partial charge in [-0.3, -0.25) is 0 Å². The molecule has 0 aromatic rings. The van der Waals surface area contributed by atoms with E-state index in [1.807, 2.05) is 0 Å². The fourth-order valence-electron chi connectivity index (χ4n) is 2.21. The van der Waals surface area contributed by atoms with Crippen LogP contribution in [0.3, 0.4) is 0 Å². The lowest BCUT2D eigenvalue weighted by atomic mass is 10.0. The van der Waals surface area contributed by atoms with Crippen LogP contribution in [0.4, 0.5) is 0 Å². The van der Waals surface area contributed by atoms with Crippen LogP contribution in [-0.2, 0) is 0 Å². The maximum Gasteiger partial charge on any atom is -0.00156 e. The fourth-order valence-corrected chi connectivity index (χ4v) is 2.21. The van der Waals surface area contributed by atoms with E-state index in [2.05, 4.69) is 11.8 Å². The topological polar surface area (TPSA) is 29.3 Å². The highest BCUT2D eigenvalue weighted by atomic mass is 15.1. The lowest BCUT2D eigenvalue weighted by Gasteiger charge is -2.22. The zero-order valence-electron chi connectivity index (χ0n) is 9.67. The molecule has 0 amide bonds. The molecule has 14 heavy (non-hydrogen) atoms. The molecule has 2 N–H and O–H groups in total. The largest absolute Gasteiger partial charge is 0.330 e. The predicted molar refractivity (Wildman–Crippen MR) is 62.4 cm³/mol. The van der Waals surface area contributed by atoms with Crippen molar-refractivity contribution < 1.29 is 0 Å². The van der Waals surface area contributed by atoms with E-state index in [1.54, 1.807) is 0 Å². The Hall–Kier alpha value is -0.0800. The van der Waals surface area contributed by atoms with E-state index in [1.165, 1.54) is 58.2 Å². The van der Waals surface area contributed by atoms with Crippen molar-refractivity contribution in [3.63, 3.8) is 0 Å².